The van der Waals surface area contributed by atoms with Crippen LogP contribution >= 0.6 is 0 Å². The minimum atomic E-state index is 0.566. The first kappa shape index (κ1) is 12.2. The van der Waals surface area contributed by atoms with Crippen LogP contribution in [0.3, 0.4) is 0 Å². The molecule has 3 nitrogen and oxygen atoms in total. The quantitative estimate of drug-likeness (QED) is 0.909. The zero-order chi connectivity index (χ0) is 13.5. The third-order valence-electron chi connectivity index (χ3n) is 4.98. The SMILES string of the molecule is N#Cc1cc2c(nc1NC(C1CC1)C1CC1)CCCC2. The van der Waals surface area contributed by atoms with Crippen molar-refractivity contribution in [2.75, 3.05) is 5.32 Å². The number of anilines is 1. The highest BCUT2D eigenvalue weighted by Gasteiger charge is 2.41. The van der Waals surface area contributed by atoms with Gasteiger partial charge in [0.15, 0.2) is 0 Å². The molecule has 1 aromatic rings. The van der Waals surface area contributed by atoms with E-state index in [9.17, 15) is 5.26 Å². The van der Waals surface area contributed by atoms with Crippen LogP contribution in [-0.2, 0) is 12.8 Å². The van der Waals surface area contributed by atoms with Gasteiger partial charge in [-0.05, 0) is 74.8 Å². The first-order chi connectivity index (χ1) is 9.85. The maximum absolute atomic E-state index is 9.41. The van der Waals surface area contributed by atoms with Crippen LogP contribution in [0.2, 0.25) is 0 Å². The molecule has 4 rings (SSSR count). The van der Waals surface area contributed by atoms with Crippen LogP contribution in [-0.4, -0.2) is 11.0 Å². The Hall–Kier alpha value is -1.56. The Morgan fingerprint density at radius 3 is 2.50 bits per heavy atom. The highest BCUT2D eigenvalue weighted by molar-refractivity contribution is 5.55. The van der Waals surface area contributed by atoms with Gasteiger partial charge in [-0.3, -0.25) is 0 Å². The van der Waals surface area contributed by atoms with Crippen LogP contribution in [0, 0.1) is 23.2 Å². The van der Waals surface area contributed by atoms with E-state index in [1.54, 1.807) is 0 Å². The van der Waals surface area contributed by atoms with Crippen molar-refractivity contribution >= 4 is 5.82 Å². The van der Waals surface area contributed by atoms with Crippen molar-refractivity contribution < 1.29 is 0 Å². The molecule has 3 aliphatic rings. The molecular weight excluding hydrogens is 246 g/mol. The molecule has 3 aliphatic carbocycles. The average Bonchev–Trinajstić information content (AvgIpc) is 3.37. The van der Waals surface area contributed by atoms with Crippen LogP contribution in [0.5, 0.6) is 0 Å². The molecule has 0 amide bonds. The summed E-state index contributed by atoms with van der Waals surface area (Å²) in [5, 5.41) is 13.1. The summed E-state index contributed by atoms with van der Waals surface area (Å²) in [6, 6.07) is 4.99. The summed E-state index contributed by atoms with van der Waals surface area (Å²) in [7, 11) is 0. The van der Waals surface area contributed by atoms with Gasteiger partial charge < -0.3 is 5.32 Å². The third kappa shape index (κ3) is 2.28. The standard InChI is InChI=1S/C17H21N3/c18-10-14-9-13-3-1-2-4-15(13)19-17(14)20-16(11-5-6-11)12-7-8-12/h9,11-12,16H,1-8H2,(H,19,20). The lowest BCUT2D eigenvalue weighted by Crippen LogP contribution is -2.26. The number of aryl methyl sites for hydroxylation is 2. The second-order valence-electron chi connectivity index (χ2n) is 6.65. The van der Waals surface area contributed by atoms with Crippen LogP contribution in [0.15, 0.2) is 6.07 Å². The Bertz CT molecular complexity index is 552. The molecular formula is C17H21N3. The Morgan fingerprint density at radius 2 is 1.85 bits per heavy atom. The number of fused-ring (bicyclic) bond motifs is 1. The van der Waals surface area contributed by atoms with Gasteiger partial charge in [-0.2, -0.15) is 5.26 Å². The van der Waals surface area contributed by atoms with Crippen molar-refractivity contribution in [2.24, 2.45) is 11.8 Å². The second kappa shape index (κ2) is 4.77. The van der Waals surface area contributed by atoms with Gasteiger partial charge in [0.05, 0.1) is 5.56 Å². The van der Waals surface area contributed by atoms with Crippen LogP contribution in [0.1, 0.15) is 55.3 Å². The maximum Gasteiger partial charge on any atom is 0.144 e. The smallest absolute Gasteiger partial charge is 0.144 e. The molecule has 3 heteroatoms. The van der Waals surface area contributed by atoms with E-state index in [2.05, 4.69) is 17.5 Å². The number of aromatic nitrogens is 1. The van der Waals surface area contributed by atoms with Crippen LogP contribution in [0.4, 0.5) is 5.82 Å². The molecule has 0 aliphatic heterocycles. The monoisotopic (exact) mass is 267 g/mol. The van der Waals surface area contributed by atoms with Gasteiger partial charge in [0.2, 0.25) is 0 Å². The number of nitrogens with one attached hydrogen (secondary N) is 1. The number of nitrogens with zero attached hydrogens (tertiary/aromatic N) is 2. The first-order valence-corrected chi connectivity index (χ1v) is 8.04. The van der Waals surface area contributed by atoms with Crippen molar-refractivity contribution in [1.29, 1.82) is 5.26 Å². The molecule has 0 atom stereocenters. The summed E-state index contributed by atoms with van der Waals surface area (Å²) in [5.41, 5.74) is 3.27. The van der Waals surface area contributed by atoms with Crippen molar-refractivity contribution in [3.05, 3.63) is 22.9 Å². The summed E-state index contributed by atoms with van der Waals surface area (Å²) in [6.45, 7) is 0. The number of hydrogen-bond acceptors (Lipinski definition) is 3. The molecule has 104 valence electrons. The minimum Gasteiger partial charge on any atom is -0.366 e. The highest BCUT2D eigenvalue weighted by atomic mass is 15.0. The van der Waals surface area contributed by atoms with Crippen LogP contribution < -0.4 is 5.32 Å². The number of hydrogen-bond donors (Lipinski definition) is 1. The first-order valence-electron chi connectivity index (χ1n) is 8.04. The Balaban J connectivity index is 1.64. The number of rotatable bonds is 4. The van der Waals surface area contributed by atoms with Gasteiger partial charge >= 0.3 is 0 Å². The third-order valence-corrected chi connectivity index (χ3v) is 4.98. The number of pyridine rings is 1. The molecule has 0 aromatic carbocycles. The Labute approximate surface area is 120 Å². The van der Waals surface area contributed by atoms with E-state index < -0.39 is 0 Å². The summed E-state index contributed by atoms with van der Waals surface area (Å²) >= 11 is 0. The molecule has 0 unspecified atom stereocenters. The molecule has 20 heavy (non-hydrogen) atoms. The molecule has 0 saturated heterocycles. The topological polar surface area (TPSA) is 48.7 Å². The highest BCUT2D eigenvalue weighted by Crippen LogP contribution is 2.46. The molecule has 1 N–H and O–H groups in total. The van der Waals surface area contributed by atoms with Crippen molar-refractivity contribution in [3.63, 3.8) is 0 Å². The summed E-state index contributed by atoms with van der Waals surface area (Å²) in [6.07, 6.45) is 10.0. The normalized spacial score (nSPS) is 21.4. The van der Waals surface area contributed by atoms with Gasteiger partial charge in [-0.1, -0.05) is 0 Å². The largest absolute Gasteiger partial charge is 0.366 e. The molecule has 2 fully saturated rings. The van der Waals surface area contributed by atoms with E-state index in [1.165, 1.54) is 49.8 Å². The summed E-state index contributed by atoms with van der Waals surface area (Å²) < 4.78 is 0. The predicted octanol–water partition coefficient (Wildman–Crippen LogP) is 3.43. The maximum atomic E-state index is 9.41. The fraction of sp³-hybridized carbons (Fsp3) is 0.647. The lowest BCUT2D eigenvalue weighted by molar-refractivity contribution is 0.564. The van der Waals surface area contributed by atoms with Crippen molar-refractivity contribution in [1.82, 2.24) is 4.98 Å². The van der Waals surface area contributed by atoms with E-state index in [0.29, 0.717) is 6.04 Å². The molecule has 0 bridgehead atoms. The van der Waals surface area contributed by atoms with E-state index in [1.807, 2.05) is 0 Å². The Kier molecular flexibility index (Phi) is 2.91. The van der Waals surface area contributed by atoms with E-state index >= 15 is 0 Å². The van der Waals surface area contributed by atoms with E-state index in [0.717, 1.165) is 36.1 Å². The van der Waals surface area contributed by atoms with Crippen molar-refractivity contribution in [3.8, 4) is 6.07 Å². The predicted molar refractivity (Wildman–Crippen MR) is 78.5 cm³/mol. The van der Waals surface area contributed by atoms with Gasteiger partial charge in [0.1, 0.15) is 11.9 Å². The fourth-order valence-electron chi connectivity index (χ4n) is 3.52. The van der Waals surface area contributed by atoms with E-state index in [4.69, 9.17) is 4.98 Å². The van der Waals surface area contributed by atoms with Crippen molar-refractivity contribution in [2.45, 2.75) is 57.4 Å². The molecule has 1 heterocycles. The Morgan fingerprint density at radius 1 is 1.15 bits per heavy atom. The minimum absolute atomic E-state index is 0.566. The van der Waals surface area contributed by atoms with Crippen LogP contribution in [0.25, 0.3) is 0 Å². The van der Waals surface area contributed by atoms with Gasteiger partial charge in [-0.25, -0.2) is 4.98 Å². The molecule has 1 aromatic heterocycles. The second-order valence-corrected chi connectivity index (χ2v) is 6.65. The van der Waals surface area contributed by atoms with E-state index in [-0.39, 0.29) is 0 Å². The van der Waals surface area contributed by atoms with Gasteiger partial charge in [0.25, 0.3) is 0 Å². The zero-order valence-electron chi connectivity index (χ0n) is 11.9. The molecule has 0 spiro atoms. The fourth-order valence-corrected chi connectivity index (χ4v) is 3.52. The van der Waals surface area contributed by atoms with Gasteiger partial charge in [0, 0.05) is 11.7 Å². The summed E-state index contributed by atoms with van der Waals surface area (Å²) in [4.78, 5) is 4.81. The lowest BCUT2D eigenvalue weighted by Gasteiger charge is -2.22. The molecule has 2 saturated carbocycles. The zero-order valence-corrected chi connectivity index (χ0v) is 11.9. The summed E-state index contributed by atoms with van der Waals surface area (Å²) in [5.74, 6) is 2.51. The van der Waals surface area contributed by atoms with Gasteiger partial charge in [-0.15, -0.1) is 0 Å². The molecule has 0 radical (unpaired) electrons. The average molecular weight is 267 g/mol. The lowest BCUT2D eigenvalue weighted by atomic mass is 9.94. The number of nitriles is 1.